The zero-order valence-corrected chi connectivity index (χ0v) is 7.20. The molecule has 2 rings (SSSR count). The first-order valence-electron chi connectivity index (χ1n) is 3.93. The molecule has 0 aliphatic carbocycles. The fraction of sp³-hybridized carbons (Fsp3) is 0.222. The smallest absolute Gasteiger partial charge is 0.110 e. The molecule has 0 spiro atoms. The van der Waals surface area contributed by atoms with Gasteiger partial charge in [0.25, 0.3) is 0 Å². The van der Waals surface area contributed by atoms with Crippen LogP contribution in [0.3, 0.4) is 0 Å². The molecule has 3 heteroatoms. The summed E-state index contributed by atoms with van der Waals surface area (Å²) in [5, 5.41) is 3.12. The standard InChI is InChI=1S/C9H11N3/c1-7-11-6-9-8(10-2)4-3-5-12(7)9/h3-6,10H,1-2H3. The van der Waals surface area contributed by atoms with E-state index in [-0.39, 0.29) is 0 Å². The normalized spacial score (nSPS) is 10.5. The van der Waals surface area contributed by atoms with Crippen molar-refractivity contribution in [1.29, 1.82) is 0 Å². The van der Waals surface area contributed by atoms with E-state index in [0.717, 1.165) is 17.0 Å². The van der Waals surface area contributed by atoms with E-state index in [2.05, 4.69) is 14.7 Å². The van der Waals surface area contributed by atoms with Crippen LogP contribution in [0.4, 0.5) is 5.69 Å². The second-order valence-electron chi connectivity index (χ2n) is 2.73. The number of pyridine rings is 1. The Morgan fingerprint density at radius 2 is 2.33 bits per heavy atom. The van der Waals surface area contributed by atoms with Crippen LogP contribution in [0.25, 0.3) is 5.52 Å². The molecule has 0 saturated carbocycles. The van der Waals surface area contributed by atoms with Gasteiger partial charge in [0.1, 0.15) is 5.82 Å². The van der Waals surface area contributed by atoms with Crippen molar-refractivity contribution in [2.75, 3.05) is 12.4 Å². The summed E-state index contributed by atoms with van der Waals surface area (Å²) in [5.74, 6) is 1.02. The number of nitrogens with one attached hydrogen (secondary N) is 1. The van der Waals surface area contributed by atoms with Crippen molar-refractivity contribution in [1.82, 2.24) is 9.38 Å². The molecule has 1 N–H and O–H groups in total. The molecule has 12 heavy (non-hydrogen) atoms. The molecule has 0 aliphatic rings. The number of aromatic nitrogens is 2. The first kappa shape index (κ1) is 7.16. The quantitative estimate of drug-likeness (QED) is 0.689. The highest BCUT2D eigenvalue weighted by atomic mass is 15.0. The molecule has 3 nitrogen and oxygen atoms in total. The molecule has 0 fully saturated rings. The van der Waals surface area contributed by atoms with Gasteiger partial charge in [-0.3, -0.25) is 0 Å². The van der Waals surface area contributed by atoms with Gasteiger partial charge in [-0.25, -0.2) is 4.98 Å². The summed E-state index contributed by atoms with van der Waals surface area (Å²) in [4.78, 5) is 4.23. The minimum Gasteiger partial charge on any atom is -0.386 e. The second-order valence-corrected chi connectivity index (χ2v) is 2.73. The third-order valence-corrected chi connectivity index (χ3v) is 2.03. The van der Waals surface area contributed by atoms with Crippen LogP contribution < -0.4 is 5.32 Å². The van der Waals surface area contributed by atoms with Crippen molar-refractivity contribution < 1.29 is 0 Å². The first-order chi connectivity index (χ1) is 5.83. The highest BCUT2D eigenvalue weighted by Gasteiger charge is 2.00. The van der Waals surface area contributed by atoms with Gasteiger partial charge in [-0.2, -0.15) is 0 Å². The summed E-state index contributed by atoms with van der Waals surface area (Å²) in [7, 11) is 1.91. The molecular weight excluding hydrogens is 150 g/mol. The maximum atomic E-state index is 4.23. The Balaban J connectivity index is 2.81. The van der Waals surface area contributed by atoms with Crippen molar-refractivity contribution in [2.45, 2.75) is 6.92 Å². The van der Waals surface area contributed by atoms with Gasteiger partial charge in [0, 0.05) is 13.2 Å². The molecule has 0 aliphatic heterocycles. The van der Waals surface area contributed by atoms with Crippen molar-refractivity contribution >= 4 is 11.2 Å². The van der Waals surface area contributed by atoms with Crippen LogP contribution in [0.15, 0.2) is 24.5 Å². The Hall–Kier alpha value is -1.51. The average Bonchev–Trinajstić information content (AvgIpc) is 2.48. The predicted molar refractivity (Wildman–Crippen MR) is 49.5 cm³/mol. The molecule has 0 saturated heterocycles. The summed E-state index contributed by atoms with van der Waals surface area (Å²) in [6.45, 7) is 1.99. The van der Waals surface area contributed by atoms with Crippen LogP contribution in [0, 0.1) is 6.92 Å². The van der Waals surface area contributed by atoms with Gasteiger partial charge in [-0.05, 0) is 19.1 Å². The van der Waals surface area contributed by atoms with Gasteiger partial charge in [0.15, 0.2) is 0 Å². The molecule has 0 atom stereocenters. The minimum atomic E-state index is 1.02. The van der Waals surface area contributed by atoms with Crippen LogP contribution in [0.1, 0.15) is 5.82 Å². The molecule has 2 heterocycles. The number of hydrogen-bond acceptors (Lipinski definition) is 2. The number of imidazole rings is 1. The second kappa shape index (κ2) is 2.52. The summed E-state index contributed by atoms with van der Waals surface area (Å²) in [5.41, 5.74) is 2.23. The molecule has 0 bridgehead atoms. The molecule has 2 aromatic rings. The zero-order valence-electron chi connectivity index (χ0n) is 7.20. The topological polar surface area (TPSA) is 29.3 Å². The van der Waals surface area contributed by atoms with Gasteiger partial charge >= 0.3 is 0 Å². The Bertz CT molecular complexity index is 403. The van der Waals surface area contributed by atoms with Crippen LogP contribution in [0.5, 0.6) is 0 Å². The summed E-state index contributed by atoms with van der Waals surface area (Å²) < 4.78 is 2.06. The zero-order chi connectivity index (χ0) is 8.55. The van der Waals surface area contributed by atoms with Gasteiger partial charge in [-0.15, -0.1) is 0 Å². The van der Waals surface area contributed by atoms with Crippen molar-refractivity contribution in [3.8, 4) is 0 Å². The molecule has 0 amide bonds. The molecule has 2 aromatic heterocycles. The lowest BCUT2D eigenvalue weighted by atomic mass is 10.3. The highest BCUT2D eigenvalue weighted by molar-refractivity contribution is 5.71. The molecular formula is C9H11N3. The third-order valence-electron chi connectivity index (χ3n) is 2.03. The Morgan fingerprint density at radius 3 is 3.08 bits per heavy atom. The first-order valence-corrected chi connectivity index (χ1v) is 3.93. The fourth-order valence-corrected chi connectivity index (χ4v) is 1.36. The third kappa shape index (κ3) is 0.863. The SMILES string of the molecule is CNc1cccn2c(C)ncc12. The Labute approximate surface area is 71.0 Å². The largest absolute Gasteiger partial charge is 0.386 e. The number of aryl methyl sites for hydroxylation is 1. The van der Waals surface area contributed by atoms with Gasteiger partial charge in [0.2, 0.25) is 0 Å². The van der Waals surface area contributed by atoms with Crippen molar-refractivity contribution in [3.05, 3.63) is 30.4 Å². The fourth-order valence-electron chi connectivity index (χ4n) is 1.36. The van der Waals surface area contributed by atoms with Gasteiger partial charge in [0.05, 0.1) is 17.4 Å². The van der Waals surface area contributed by atoms with E-state index >= 15 is 0 Å². The van der Waals surface area contributed by atoms with Crippen LogP contribution in [0.2, 0.25) is 0 Å². The average molecular weight is 161 g/mol. The summed E-state index contributed by atoms with van der Waals surface area (Å²) in [6.07, 6.45) is 3.89. The lowest BCUT2D eigenvalue weighted by Crippen LogP contribution is -1.93. The molecule has 0 unspecified atom stereocenters. The van der Waals surface area contributed by atoms with E-state index in [1.807, 2.05) is 38.5 Å². The van der Waals surface area contributed by atoms with Crippen LogP contribution in [-0.2, 0) is 0 Å². The van der Waals surface area contributed by atoms with Crippen LogP contribution in [-0.4, -0.2) is 16.4 Å². The Morgan fingerprint density at radius 1 is 1.50 bits per heavy atom. The maximum Gasteiger partial charge on any atom is 0.110 e. The minimum absolute atomic E-state index is 1.02. The van der Waals surface area contributed by atoms with Crippen molar-refractivity contribution in [2.24, 2.45) is 0 Å². The van der Waals surface area contributed by atoms with E-state index in [0.29, 0.717) is 0 Å². The van der Waals surface area contributed by atoms with Crippen LogP contribution >= 0.6 is 0 Å². The number of anilines is 1. The maximum absolute atomic E-state index is 4.23. The lowest BCUT2D eigenvalue weighted by molar-refractivity contribution is 1.04. The number of fused-ring (bicyclic) bond motifs is 1. The number of rotatable bonds is 1. The Kier molecular flexibility index (Phi) is 1.50. The van der Waals surface area contributed by atoms with Gasteiger partial charge in [-0.1, -0.05) is 0 Å². The van der Waals surface area contributed by atoms with E-state index < -0.39 is 0 Å². The lowest BCUT2D eigenvalue weighted by Gasteiger charge is -2.02. The summed E-state index contributed by atoms with van der Waals surface area (Å²) >= 11 is 0. The predicted octanol–water partition coefficient (Wildman–Crippen LogP) is 1.68. The molecule has 62 valence electrons. The van der Waals surface area contributed by atoms with E-state index in [4.69, 9.17) is 0 Å². The van der Waals surface area contributed by atoms with E-state index in [1.165, 1.54) is 0 Å². The molecule has 0 aromatic carbocycles. The monoisotopic (exact) mass is 161 g/mol. The van der Waals surface area contributed by atoms with Gasteiger partial charge < -0.3 is 9.72 Å². The summed E-state index contributed by atoms with van der Waals surface area (Å²) in [6, 6.07) is 4.05. The van der Waals surface area contributed by atoms with E-state index in [1.54, 1.807) is 0 Å². The van der Waals surface area contributed by atoms with E-state index in [9.17, 15) is 0 Å². The number of nitrogens with zero attached hydrogens (tertiary/aromatic N) is 2. The molecule has 0 radical (unpaired) electrons. The highest BCUT2D eigenvalue weighted by Crippen LogP contribution is 2.16. The number of hydrogen-bond donors (Lipinski definition) is 1. The van der Waals surface area contributed by atoms with Crippen molar-refractivity contribution in [3.63, 3.8) is 0 Å².